The van der Waals surface area contributed by atoms with Gasteiger partial charge in [-0.3, -0.25) is 0 Å². The average molecular weight is 290 g/mol. The van der Waals surface area contributed by atoms with Gasteiger partial charge >= 0.3 is 0 Å². The number of hydrogen-bond donors (Lipinski definition) is 1. The highest BCUT2D eigenvalue weighted by molar-refractivity contribution is 4.72. The monoisotopic (exact) mass is 290 g/mol. The zero-order chi connectivity index (χ0) is 14.5. The highest BCUT2D eigenvalue weighted by atomic mass is 16.5. The number of ether oxygens (including phenoxy) is 4. The number of likely N-dealkylation sites (tertiary alicyclic amines) is 1. The second-order valence-corrected chi connectivity index (χ2v) is 4.92. The van der Waals surface area contributed by atoms with E-state index in [9.17, 15) is 0 Å². The molecule has 1 saturated heterocycles. The van der Waals surface area contributed by atoms with Crippen LogP contribution in [-0.4, -0.2) is 83.9 Å². The van der Waals surface area contributed by atoms with E-state index < -0.39 is 0 Å². The Hall–Kier alpha value is -0.240. The zero-order valence-electron chi connectivity index (χ0n) is 12.7. The lowest BCUT2D eigenvalue weighted by molar-refractivity contribution is -0.00365. The number of rotatable bonds is 12. The van der Waals surface area contributed by atoms with E-state index in [4.69, 9.17) is 24.7 Å². The summed E-state index contributed by atoms with van der Waals surface area (Å²) in [6.45, 7) is 7.78. The number of methoxy groups -OCH3 is 1. The van der Waals surface area contributed by atoms with Gasteiger partial charge in [0.15, 0.2) is 0 Å². The highest BCUT2D eigenvalue weighted by Crippen LogP contribution is 2.12. The first-order chi connectivity index (χ1) is 9.86. The lowest BCUT2D eigenvalue weighted by Crippen LogP contribution is -2.39. The lowest BCUT2D eigenvalue weighted by Gasteiger charge is -2.31. The van der Waals surface area contributed by atoms with E-state index in [1.165, 1.54) is 0 Å². The van der Waals surface area contributed by atoms with Crippen LogP contribution in [0.4, 0.5) is 0 Å². The summed E-state index contributed by atoms with van der Waals surface area (Å²) < 4.78 is 21.4. The van der Waals surface area contributed by atoms with Crippen LogP contribution in [0.15, 0.2) is 0 Å². The topological polar surface area (TPSA) is 66.2 Å². The molecule has 0 amide bonds. The van der Waals surface area contributed by atoms with Crippen LogP contribution in [0.2, 0.25) is 0 Å². The molecule has 0 aromatic heterocycles. The molecule has 0 radical (unpaired) electrons. The van der Waals surface area contributed by atoms with Crippen LogP contribution in [-0.2, 0) is 18.9 Å². The largest absolute Gasteiger partial charge is 0.382 e. The SMILES string of the molecule is COCCOCCOCCN1CCC(OCCN)CC1. The Labute approximate surface area is 122 Å². The molecule has 0 aromatic rings. The molecular formula is C14H30N2O4. The zero-order valence-corrected chi connectivity index (χ0v) is 12.7. The van der Waals surface area contributed by atoms with Gasteiger partial charge in [0, 0.05) is 33.3 Å². The third kappa shape index (κ3) is 8.84. The Balaban J connectivity index is 1.86. The predicted molar refractivity (Wildman–Crippen MR) is 78.0 cm³/mol. The molecule has 2 N–H and O–H groups in total. The average Bonchev–Trinajstić information content (AvgIpc) is 2.49. The van der Waals surface area contributed by atoms with E-state index in [2.05, 4.69) is 4.90 Å². The molecule has 120 valence electrons. The molecule has 0 saturated carbocycles. The molecule has 0 atom stereocenters. The maximum absolute atomic E-state index is 5.66. The molecule has 20 heavy (non-hydrogen) atoms. The van der Waals surface area contributed by atoms with Crippen molar-refractivity contribution in [1.82, 2.24) is 4.90 Å². The Kier molecular flexibility index (Phi) is 11.1. The fourth-order valence-electron chi connectivity index (χ4n) is 2.19. The molecule has 0 bridgehead atoms. The fourth-order valence-corrected chi connectivity index (χ4v) is 2.19. The Morgan fingerprint density at radius 1 is 0.950 bits per heavy atom. The predicted octanol–water partition coefficient (Wildman–Crippen LogP) is 0.106. The normalized spacial score (nSPS) is 17.7. The molecule has 1 heterocycles. The molecule has 6 nitrogen and oxygen atoms in total. The van der Waals surface area contributed by atoms with Gasteiger partial charge < -0.3 is 29.6 Å². The van der Waals surface area contributed by atoms with Gasteiger partial charge in [0.1, 0.15) is 0 Å². The quantitative estimate of drug-likeness (QED) is 0.515. The number of nitrogens with zero attached hydrogens (tertiary/aromatic N) is 1. The molecule has 1 fully saturated rings. The molecule has 0 aromatic carbocycles. The van der Waals surface area contributed by atoms with Gasteiger partial charge in [0.2, 0.25) is 0 Å². The summed E-state index contributed by atoms with van der Waals surface area (Å²) in [5, 5.41) is 0. The van der Waals surface area contributed by atoms with E-state index in [0.29, 0.717) is 45.7 Å². The third-order valence-corrected chi connectivity index (χ3v) is 3.36. The van der Waals surface area contributed by atoms with Crippen LogP contribution in [0.1, 0.15) is 12.8 Å². The van der Waals surface area contributed by atoms with Crippen LogP contribution >= 0.6 is 0 Å². The van der Waals surface area contributed by atoms with Crippen LogP contribution < -0.4 is 5.73 Å². The van der Waals surface area contributed by atoms with E-state index in [1.807, 2.05) is 0 Å². The molecule has 0 aliphatic carbocycles. The third-order valence-electron chi connectivity index (χ3n) is 3.36. The van der Waals surface area contributed by atoms with Gasteiger partial charge in [-0.15, -0.1) is 0 Å². The van der Waals surface area contributed by atoms with E-state index >= 15 is 0 Å². The summed E-state index contributed by atoms with van der Waals surface area (Å²) in [7, 11) is 1.67. The number of nitrogens with two attached hydrogens (primary N) is 1. The van der Waals surface area contributed by atoms with Crippen molar-refractivity contribution in [2.24, 2.45) is 5.73 Å². The van der Waals surface area contributed by atoms with Crippen molar-refractivity contribution in [3.8, 4) is 0 Å². The van der Waals surface area contributed by atoms with Crippen molar-refractivity contribution in [2.75, 3.05) is 72.9 Å². The molecule has 0 spiro atoms. The summed E-state index contributed by atoms with van der Waals surface area (Å²) in [5.41, 5.74) is 5.44. The van der Waals surface area contributed by atoms with Crippen molar-refractivity contribution in [1.29, 1.82) is 0 Å². The van der Waals surface area contributed by atoms with Gasteiger partial charge in [-0.2, -0.15) is 0 Å². The minimum Gasteiger partial charge on any atom is -0.382 e. The first kappa shape index (κ1) is 17.8. The number of piperidine rings is 1. The van der Waals surface area contributed by atoms with Gasteiger partial charge in [0.25, 0.3) is 0 Å². The van der Waals surface area contributed by atoms with Crippen molar-refractivity contribution in [3.63, 3.8) is 0 Å². The Morgan fingerprint density at radius 3 is 2.25 bits per heavy atom. The maximum Gasteiger partial charge on any atom is 0.0701 e. The minimum absolute atomic E-state index is 0.393. The second-order valence-electron chi connectivity index (χ2n) is 4.92. The molecule has 6 heteroatoms. The summed E-state index contributed by atoms with van der Waals surface area (Å²) >= 11 is 0. The smallest absolute Gasteiger partial charge is 0.0701 e. The van der Waals surface area contributed by atoms with Crippen LogP contribution in [0.25, 0.3) is 0 Å². The maximum atomic E-state index is 5.66. The van der Waals surface area contributed by atoms with Gasteiger partial charge in [-0.25, -0.2) is 0 Å². The Bertz CT molecular complexity index is 211. The van der Waals surface area contributed by atoms with Crippen molar-refractivity contribution in [2.45, 2.75) is 18.9 Å². The summed E-state index contributed by atoms with van der Waals surface area (Å²) in [6.07, 6.45) is 2.59. The summed E-state index contributed by atoms with van der Waals surface area (Å²) in [6, 6.07) is 0. The first-order valence-electron chi connectivity index (χ1n) is 7.55. The molecule has 1 rings (SSSR count). The van der Waals surface area contributed by atoms with Crippen LogP contribution in [0, 0.1) is 0 Å². The summed E-state index contributed by atoms with van der Waals surface area (Å²) in [4.78, 5) is 2.42. The van der Waals surface area contributed by atoms with E-state index in [-0.39, 0.29) is 0 Å². The minimum atomic E-state index is 0.393. The van der Waals surface area contributed by atoms with Crippen molar-refractivity contribution >= 4 is 0 Å². The van der Waals surface area contributed by atoms with Gasteiger partial charge in [0.05, 0.1) is 45.7 Å². The number of hydrogen-bond acceptors (Lipinski definition) is 6. The van der Waals surface area contributed by atoms with Crippen LogP contribution in [0.5, 0.6) is 0 Å². The lowest BCUT2D eigenvalue weighted by atomic mass is 10.1. The summed E-state index contributed by atoms with van der Waals surface area (Å²) in [5.74, 6) is 0. The second kappa shape index (κ2) is 12.5. The molecular weight excluding hydrogens is 260 g/mol. The molecule has 0 unspecified atom stereocenters. The van der Waals surface area contributed by atoms with E-state index in [1.54, 1.807) is 7.11 Å². The van der Waals surface area contributed by atoms with Crippen LogP contribution in [0.3, 0.4) is 0 Å². The van der Waals surface area contributed by atoms with Crippen molar-refractivity contribution < 1.29 is 18.9 Å². The molecule has 1 aliphatic heterocycles. The first-order valence-corrected chi connectivity index (χ1v) is 7.55. The van der Waals surface area contributed by atoms with Gasteiger partial charge in [-0.05, 0) is 12.8 Å². The Morgan fingerprint density at radius 2 is 1.60 bits per heavy atom. The van der Waals surface area contributed by atoms with Gasteiger partial charge in [-0.1, -0.05) is 0 Å². The standard InChI is InChI=1S/C14H30N2O4/c1-17-10-11-19-13-12-18-9-7-16-5-2-14(3-6-16)20-8-4-15/h14H,2-13,15H2,1H3. The van der Waals surface area contributed by atoms with E-state index in [0.717, 1.165) is 39.1 Å². The molecule has 1 aliphatic rings. The fraction of sp³-hybridized carbons (Fsp3) is 1.00. The van der Waals surface area contributed by atoms with Crippen molar-refractivity contribution in [3.05, 3.63) is 0 Å². The highest BCUT2D eigenvalue weighted by Gasteiger charge is 2.18.